The van der Waals surface area contributed by atoms with Crippen molar-refractivity contribution in [3.8, 4) is 22.8 Å². The first-order chi connectivity index (χ1) is 14.2. The normalized spacial score (nSPS) is 12.6. The molecule has 3 aromatic heterocycles. The van der Waals surface area contributed by atoms with Gasteiger partial charge < -0.3 is 14.8 Å². The van der Waals surface area contributed by atoms with E-state index in [9.17, 15) is 4.39 Å². The van der Waals surface area contributed by atoms with Crippen molar-refractivity contribution in [2.24, 2.45) is 0 Å². The van der Waals surface area contributed by atoms with Crippen LogP contribution in [-0.2, 0) is 13.0 Å². The summed E-state index contributed by atoms with van der Waals surface area (Å²) in [5.74, 6) is 1.61. The first kappa shape index (κ1) is 17.4. The molecule has 1 N–H and O–H groups in total. The summed E-state index contributed by atoms with van der Waals surface area (Å²) in [7, 11) is 1.58. The molecule has 1 aliphatic heterocycles. The second kappa shape index (κ2) is 7.05. The molecule has 1 aliphatic rings. The molecule has 4 heterocycles. The van der Waals surface area contributed by atoms with Crippen LogP contribution in [0.3, 0.4) is 0 Å². The largest absolute Gasteiger partial charge is 0.493 e. The number of halogens is 1. The molecule has 0 saturated carbocycles. The van der Waals surface area contributed by atoms with Crippen molar-refractivity contribution in [2.45, 2.75) is 13.0 Å². The molecule has 0 fully saturated rings. The summed E-state index contributed by atoms with van der Waals surface area (Å²) in [6.45, 7) is 0.890. The summed E-state index contributed by atoms with van der Waals surface area (Å²) in [4.78, 5) is 13.2. The highest BCUT2D eigenvalue weighted by molar-refractivity contribution is 5.78. The Morgan fingerprint density at radius 2 is 2.14 bits per heavy atom. The number of fused-ring (bicyclic) bond motifs is 2. The van der Waals surface area contributed by atoms with Gasteiger partial charge in [0.15, 0.2) is 0 Å². The van der Waals surface area contributed by atoms with Crippen LogP contribution in [0.4, 0.5) is 10.3 Å². The molecule has 0 saturated heterocycles. The van der Waals surface area contributed by atoms with Gasteiger partial charge in [-0.2, -0.15) is 0 Å². The molecule has 4 aromatic rings. The lowest BCUT2D eigenvalue weighted by Gasteiger charge is -2.13. The zero-order valence-corrected chi connectivity index (χ0v) is 15.7. The number of hydrogen-bond acceptors (Lipinski definition) is 6. The Balaban J connectivity index is 1.49. The van der Waals surface area contributed by atoms with Crippen LogP contribution >= 0.6 is 0 Å². The molecule has 1 aromatic carbocycles. The Labute approximate surface area is 166 Å². The van der Waals surface area contributed by atoms with Gasteiger partial charge in [-0.3, -0.25) is 4.40 Å². The van der Waals surface area contributed by atoms with E-state index in [2.05, 4.69) is 20.3 Å². The van der Waals surface area contributed by atoms with Crippen molar-refractivity contribution in [1.82, 2.24) is 19.4 Å². The lowest BCUT2D eigenvalue weighted by Crippen LogP contribution is -2.09. The van der Waals surface area contributed by atoms with Gasteiger partial charge in [0.1, 0.15) is 17.2 Å². The summed E-state index contributed by atoms with van der Waals surface area (Å²) in [6, 6.07) is 6.85. The molecular weight excluding hydrogens is 373 g/mol. The van der Waals surface area contributed by atoms with E-state index in [1.54, 1.807) is 31.8 Å². The molecule has 0 radical (unpaired) electrons. The SMILES string of the molecule is COc1cc(-c2cnc(NCc3c(F)ccc4c3CCO4)n3ccnc23)ccn1. The van der Waals surface area contributed by atoms with Crippen LogP contribution < -0.4 is 14.8 Å². The van der Waals surface area contributed by atoms with Crippen molar-refractivity contribution >= 4 is 11.6 Å². The summed E-state index contributed by atoms with van der Waals surface area (Å²) in [6.07, 6.45) is 7.66. The molecule has 0 aliphatic carbocycles. The minimum absolute atomic E-state index is 0.246. The van der Waals surface area contributed by atoms with Crippen LogP contribution in [0, 0.1) is 5.82 Å². The number of rotatable bonds is 5. The number of methoxy groups -OCH3 is 1. The lowest BCUT2D eigenvalue weighted by atomic mass is 10.0. The first-order valence-corrected chi connectivity index (χ1v) is 9.24. The maximum atomic E-state index is 14.4. The minimum atomic E-state index is -0.246. The van der Waals surface area contributed by atoms with E-state index in [4.69, 9.17) is 9.47 Å². The second-order valence-electron chi connectivity index (χ2n) is 6.66. The number of nitrogens with zero attached hydrogens (tertiary/aromatic N) is 4. The molecule has 146 valence electrons. The number of pyridine rings is 1. The van der Waals surface area contributed by atoms with Gasteiger partial charge in [0.2, 0.25) is 11.8 Å². The Kier molecular flexibility index (Phi) is 4.23. The van der Waals surface area contributed by atoms with E-state index in [1.165, 1.54) is 6.07 Å². The van der Waals surface area contributed by atoms with Crippen molar-refractivity contribution < 1.29 is 13.9 Å². The van der Waals surface area contributed by atoms with Crippen LogP contribution in [0.25, 0.3) is 16.8 Å². The van der Waals surface area contributed by atoms with Crippen LogP contribution in [0.15, 0.2) is 49.1 Å². The zero-order valence-electron chi connectivity index (χ0n) is 15.7. The Morgan fingerprint density at radius 1 is 1.21 bits per heavy atom. The molecule has 0 unspecified atom stereocenters. The van der Waals surface area contributed by atoms with Crippen molar-refractivity contribution in [3.63, 3.8) is 0 Å². The third kappa shape index (κ3) is 3.02. The van der Waals surface area contributed by atoms with Gasteiger partial charge in [-0.25, -0.2) is 19.3 Å². The third-order valence-electron chi connectivity index (χ3n) is 5.04. The fourth-order valence-electron chi connectivity index (χ4n) is 3.62. The molecule has 0 spiro atoms. The molecular formula is C21H18FN5O2. The molecule has 8 heteroatoms. The lowest BCUT2D eigenvalue weighted by molar-refractivity contribution is 0.356. The Bertz CT molecular complexity index is 1210. The summed E-state index contributed by atoms with van der Waals surface area (Å²) >= 11 is 0. The summed E-state index contributed by atoms with van der Waals surface area (Å²) in [5.41, 5.74) is 4.01. The average molecular weight is 391 g/mol. The highest BCUT2D eigenvalue weighted by Gasteiger charge is 2.20. The number of benzene rings is 1. The maximum absolute atomic E-state index is 14.4. The van der Waals surface area contributed by atoms with Crippen LogP contribution in [0.2, 0.25) is 0 Å². The van der Waals surface area contributed by atoms with E-state index in [-0.39, 0.29) is 5.82 Å². The van der Waals surface area contributed by atoms with Gasteiger partial charge in [-0.1, -0.05) is 0 Å². The first-order valence-electron chi connectivity index (χ1n) is 9.24. The van der Waals surface area contributed by atoms with Gasteiger partial charge >= 0.3 is 0 Å². The van der Waals surface area contributed by atoms with E-state index in [1.807, 2.05) is 22.7 Å². The predicted molar refractivity (Wildman–Crippen MR) is 106 cm³/mol. The standard InChI is InChI=1S/C21H18FN5O2/c1-28-19-10-13(4-6-23-19)15-11-25-21(27-8-7-24-20(15)27)26-12-16-14-5-9-29-18(14)3-2-17(16)22/h2-4,6-8,10-11H,5,9,12H2,1H3,(H,25,26). The number of anilines is 1. The summed E-state index contributed by atoms with van der Waals surface area (Å²) < 4.78 is 27.0. The summed E-state index contributed by atoms with van der Waals surface area (Å²) in [5, 5.41) is 3.24. The second-order valence-corrected chi connectivity index (χ2v) is 6.66. The van der Waals surface area contributed by atoms with Crippen LogP contribution in [-0.4, -0.2) is 33.1 Å². The predicted octanol–water partition coefficient (Wildman–Crippen LogP) is 3.49. The van der Waals surface area contributed by atoms with Crippen molar-refractivity contribution in [2.75, 3.05) is 19.0 Å². The minimum Gasteiger partial charge on any atom is -0.493 e. The molecule has 0 amide bonds. The highest BCUT2D eigenvalue weighted by atomic mass is 19.1. The smallest absolute Gasteiger partial charge is 0.213 e. The van der Waals surface area contributed by atoms with Crippen LogP contribution in [0.5, 0.6) is 11.6 Å². The van der Waals surface area contributed by atoms with Crippen molar-refractivity contribution in [3.05, 3.63) is 66.0 Å². The Hall–Kier alpha value is -3.68. The molecule has 0 bridgehead atoms. The van der Waals surface area contributed by atoms with Gasteiger partial charge in [0, 0.05) is 60.5 Å². The number of hydrogen-bond donors (Lipinski definition) is 1. The number of imidazole rings is 1. The van der Waals surface area contributed by atoms with E-state index in [0.29, 0.717) is 37.0 Å². The zero-order chi connectivity index (χ0) is 19.8. The number of nitrogens with one attached hydrogen (secondary N) is 1. The van der Waals surface area contributed by atoms with E-state index < -0.39 is 0 Å². The molecule has 5 rings (SSSR count). The average Bonchev–Trinajstić information content (AvgIpc) is 3.43. The number of aromatic nitrogens is 4. The maximum Gasteiger partial charge on any atom is 0.213 e. The fourth-order valence-corrected chi connectivity index (χ4v) is 3.62. The van der Waals surface area contributed by atoms with Gasteiger partial charge in [-0.05, 0) is 23.8 Å². The van der Waals surface area contributed by atoms with Crippen molar-refractivity contribution in [1.29, 1.82) is 0 Å². The van der Waals surface area contributed by atoms with Gasteiger partial charge in [0.05, 0.1) is 13.7 Å². The topological polar surface area (TPSA) is 73.6 Å². The van der Waals surface area contributed by atoms with Crippen LogP contribution in [0.1, 0.15) is 11.1 Å². The molecule has 7 nitrogen and oxygen atoms in total. The highest BCUT2D eigenvalue weighted by Crippen LogP contribution is 2.31. The third-order valence-corrected chi connectivity index (χ3v) is 5.04. The Morgan fingerprint density at radius 3 is 3.03 bits per heavy atom. The fraction of sp³-hybridized carbons (Fsp3) is 0.190. The molecule has 29 heavy (non-hydrogen) atoms. The molecule has 0 atom stereocenters. The van der Waals surface area contributed by atoms with E-state index in [0.717, 1.165) is 28.1 Å². The monoisotopic (exact) mass is 391 g/mol. The number of ether oxygens (including phenoxy) is 2. The quantitative estimate of drug-likeness (QED) is 0.561. The van der Waals surface area contributed by atoms with Gasteiger partial charge in [0.25, 0.3) is 0 Å². The van der Waals surface area contributed by atoms with E-state index >= 15 is 0 Å². The van der Waals surface area contributed by atoms with Gasteiger partial charge in [-0.15, -0.1) is 0 Å².